The molecule has 2 N–H and O–H groups in total. The van der Waals surface area contributed by atoms with E-state index < -0.39 is 0 Å². The molecule has 0 spiro atoms. The van der Waals surface area contributed by atoms with Gasteiger partial charge in [0.1, 0.15) is 5.82 Å². The van der Waals surface area contributed by atoms with E-state index in [2.05, 4.69) is 14.9 Å². The first kappa shape index (κ1) is 10.8. The Hall–Kier alpha value is -2.37. The molecule has 2 aromatic heterocycles. The summed E-state index contributed by atoms with van der Waals surface area (Å²) >= 11 is 0. The van der Waals surface area contributed by atoms with Crippen LogP contribution >= 0.6 is 0 Å². The maximum Gasteiger partial charge on any atom is 0.196 e. The lowest BCUT2D eigenvalue weighted by Crippen LogP contribution is -1.92. The Morgan fingerprint density at radius 3 is 2.78 bits per heavy atom. The summed E-state index contributed by atoms with van der Waals surface area (Å²) < 4.78 is 20.4. The number of nitrogens with two attached hydrogens (primary N) is 1. The highest BCUT2D eigenvalue weighted by Gasteiger charge is 2.15. The molecule has 1 aromatic carbocycles. The van der Waals surface area contributed by atoms with E-state index in [1.165, 1.54) is 6.07 Å². The minimum atomic E-state index is -0.319. The molecule has 18 heavy (non-hydrogen) atoms. The Balaban J connectivity index is 2.34. The Morgan fingerprint density at radius 2 is 2.11 bits per heavy atom. The van der Waals surface area contributed by atoms with E-state index in [1.54, 1.807) is 4.57 Å². The zero-order valence-electron chi connectivity index (χ0n) is 9.94. The van der Waals surface area contributed by atoms with Crippen LogP contribution in [-0.2, 0) is 7.05 Å². The molecule has 0 aliphatic rings. The second-order valence-electron chi connectivity index (χ2n) is 4.28. The molecule has 92 valence electrons. The lowest BCUT2D eigenvalue weighted by Gasteiger charge is -2.02. The normalized spacial score (nSPS) is 11.3. The summed E-state index contributed by atoms with van der Waals surface area (Å²) in [6.45, 7) is 1.93. The van der Waals surface area contributed by atoms with Gasteiger partial charge in [-0.25, -0.2) is 9.02 Å². The molecule has 3 aromatic rings. The standard InChI is InChI=1S/C12H11FN4O/c1-6-5-17(2)11-8(6)3-7(4-9(11)13)10-12(14)16-18-15-10/h3-5H,1-2H3,(H2,14,16). The zero-order chi connectivity index (χ0) is 12.9. The van der Waals surface area contributed by atoms with Gasteiger partial charge in [-0.3, -0.25) is 0 Å². The van der Waals surface area contributed by atoms with Gasteiger partial charge in [0.15, 0.2) is 11.5 Å². The fourth-order valence-electron chi connectivity index (χ4n) is 2.22. The van der Waals surface area contributed by atoms with Gasteiger partial charge >= 0.3 is 0 Å². The lowest BCUT2D eigenvalue weighted by molar-refractivity contribution is 0.310. The molecule has 0 radical (unpaired) electrons. The van der Waals surface area contributed by atoms with Gasteiger partial charge in [0, 0.05) is 24.2 Å². The first-order valence-corrected chi connectivity index (χ1v) is 5.41. The number of fused-ring (bicyclic) bond motifs is 1. The van der Waals surface area contributed by atoms with Crippen molar-refractivity contribution in [2.24, 2.45) is 7.05 Å². The molecular weight excluding hydrogens is 235 g/mol. The molecular formula is C12H11FN4O. The van der Waals surface area contributed by atoms with Gasteiger partial charge in [-0.05, 0) is 34.9 Å². The van der Waals surface area contributed by atoms with Crippen LogP contribution in [0.5, 0.6) is 0 Å². The van der Waals surface area contributed by atoms with Crippen molar-refractivity contribution >= 4 is 16.7 Å². The lowest BCUT2D eigenvalue weighted by atomic mass is 10.1. The topological polar surface area (TPSA) is 69.9 Å². The summed E-state index contributed by atoms with van der Waals surface area (Å²) in [4.78, 5) is 0. The van der Waals surface area contributed by atoms with Crippen LogP contribution in [0.3, 0.4) is 0 Å². The molecule has 0 atom stereocenters. The van der Waals surface area contributed by atoms with Gasteiger partial charge < -0.3 is 10.3 Å². The highest BCUT2D eigenvalue weighted by atomic mass is 19.1. The largest absolute Gasteiger partial charge is 0.379 e. The van der Waals surface area contributed by atoms with E-state index in [4.69, 9.17) is 5.73 Å². The van der Waals surface area contributed by atoms with Crippen molar-refractivity contribution in [2.45, 2.75) is 6.92 Å². The molecule has 0 fully saturated rings. The SMILES string of the molecule is Cc1cn(C)c2c(F)cc(-c3nonc3N)cc12. The van der Waals surface area contributed by atoms with Crippen LogP contribution in [0.15, 0.2) is 23.0 Å². The first-order valence-electron chi connectivity index (χ1n) is 5.41. The summed E-state index contributed by atoms with van der Waals surface area (Å²) in [6, 6.07) is 3.22. The Kier molecular flexibility index (Phi) is 2.13. The van der Waals surface area contributed by atoms with E-state index in [-0.39, 0.29) is 11.6 Å². The molecule has 5 nitrogen and oxygen atoms in total. The minimum Gasteiger partial charge on any atom is -0.379 e. The molecule has 0 saturated carbocycles. The number of halogens is 1. The maximum atomic E-state index is 14.1. The third kappa shape index (κ3) is 1.38. The number of nitrogen functional groups attached to an aromatic ring is 1. The molecule has 0 aliphatic heterocycles. The third-order valence-corrected chi connectivity index (χ3v) is 3.02. The molecule has 0 unspecified atom stereocenters. The summed E-state index contributed by atoms with van der Waals surface area (Å²) in [5.41, 5.74) is 8.09. The predicted molar refractivity (Wildman–Crippen MR) is 65.3 cm³/mol. The number of aryl methyl sites for hydroxylation is 2. The quantitative estimate of drug-likeness (QED) is 0.715. The average molecular weight is 246 g/mol. The molecule has 6 heteroatoms. The Bertz CT molecular complexity index is 744. The third-order valence-electron chi connectivity index (χ3n) is 3.02. The second-order valence-corrected chi connectivity index (χ2v) is 4.28. The number of aromatic nitrogens is 3. The van der Waals surface area contributed by atoms with Gasteiger partial charge in [0.25, 0.3) is 0 Å². The van der Waals surface area contributed by atoms with Crippen LogP contribution < -0.4 is 5.73 Å². The van der Waals surface area contributed by atoms with Crippen molar-refractivity contribution in [2.75, 3.05) is 5.73 Å². The van der Waals surface area contributed by atoms with Gasteiger partial charge in [-0.15, -0.1) is 0 Å². The number of rotatable bonds is 1. The van der Waals surface area contributed by atoms with Crippen LogP contribution in [0.4, 0.5) is 10.2 Å². The fourth-order valence-corrected chi connectivity index (χ4v) is 2.22. The number of nitrogens with zero attached hydrogens (tertiary/aromatic N) is 3. The number of anilines is 1. The van der Waals surface area contributed by atoms with Crippen LogP contribution in [0.1, 0.15) is 5.56 Å². The summed E-state index contributed by atoms with van der Waals surface area (Å²) in [7, 11) is 1.81. The van der Waals surface area contributed by atoms with Crippen molar-refractivity contribution in [1.29, 1.82) is 0 Å². The average Bonchev–Trinajstić information content (AvgIpc) is 2.84. The van der Waals surface area contributed by atoms with Crippen molar-refractivity contribution in [3.05, 3.63) is 29.7 Å². The van der Waals surface area contributed by atoms with Crippen LogP contribution in [0.2, 0.25) is 0 Å². The highest BCUT2D eigenvalue weighted by Crippen LogP contribution is 2.30. The molecule has 2 heterocycles. The smallest absolute Gasteiger partial charge is 0.196 e. The Morgan fingerprint density at radius 1 is 1.33 bits per heavy atom. The summed E-state index contributed by atoms with van der Waals surface area (Å²) in [5, 5.41) is 8.01. The van der Waals surface area contributed by atoms with Crippen LogP contribution in [0, 0.1) is 12.7 Å². The van der Waals surface area contributed by atoms with E-state index in [1.807, 2.05) is 26.2 Å². The molecule has 0 aliphatic carbocycles. The fraction of sp³-hybridized carbons (Fsp3) is 0.167. The predicted octanol–water partition coefficient (Wildman–Crippen LogP) is 2.26. The summed E-state index contributed by atoms with van der Waals surface area (Å²) in [5.74, 6) is -0.164. The zero-order valence-corrected chi connectivity index (χ0v) is 9.94. The highest BCUT2D eigenvalue weighted by molar-refractivity contribution is 5.89. The number of hydrogen-bond donors (Lipinski definition) is 1. The van der Waals surface area contributed by atoms with Crippen molar-refractivity contribution in [1.82, 2.24) is 14.9 Å². The van der Waals surface area contributed by atoms with Crippen molar-refractivity contribution in [3.8, 4) is 11.3 Å². The molecule has 0 amide bonds. The van der Waals surface area contributed by atoms with E-state index in [9.17, 15) is 4.39 Å². The maximum absolute atomic E-state index is 14.1. The van der Waals surface area contributed by atoms with E-state index in [0.29, 0.717) is 16.8 Å². The molecule has 0 bridgehead atoms. The van der Waals surface area contributed by atoms with E-state index in [0.717, 1.165) is 10.9 Å². The molecule has 3 rings (SSSR count). The molecule has 0 saturated heterocycles. The van der Waals surface area contributed by atoms with Crippen molar-refractivity contribution in [3.63, 3.8) is 0 Å². The van der Waals surface area contributed by atoms with Gasteiger partial charge in [-0.2, -0.15) is 0 Å². The Labute approximate surface area is 102 Å². The number of hydrogen-bond acceptors (Lipinski definition) is 4. The van der Waals surface area contributed by atoms with Gasteiger partial charge in [0.05, 0.1) is 5.52 Å². The number of benzene rings is 1. The second kappa shape index (κ2) is 3.56. The van der Waals surface area contributed by atoms with E-state index >= 15 is 0 Å². The first-order chi connectivity index (χ1) is 8.58. The van der Waals surface area contributed by atoms with Gasteiger partial charge in [-0.1, -0.05) is 0 Å². The minimum absolute atomic E-state index is 0.155. The summed E-state index contributed by atoms with van der Waals surface area (Å²) in [6.07, 6.45) is 1.88. The van der Waals surface area contributed by atoms with Crippen LogP contribution in [-0.4, -0.2) is 14.9 Å². The van der Waals surface area contributed by atoms with Crippen LogP contribution in [0.25, 0.3) is 22.2 Å². The van der Waals surface area contributed by atoms with Crippen molar-refractivity contribution < 1.29 is 9.02 Å². The monoisotopic (exact) mass is 246 g/mol. The van der Waals surface area contributed by atoms with Gasteiger partial charge in [0.2, 0.25) is 0 Å².